The highest BCUT2D eigenvalue weighted by Gasteiger charge is 2.36. The van der Waals surface area contributed by atoms with Crippen LogP contribution in [0, 0.1) is 5.92 Å². The number of amides is 2. The number of sulfonamides is 1. The molecule has 0 N–H and O–H groups in total. The minimum absolute atomic E-state index is 0.0207. The van der Waals surface area contributed by atoms with Crippen molar-refractivity contribution in [2.75, 3.05) is 39.8 Å². The van der Waals surface area contributed by atoms with E-state index in [4.69, 9.17) is 0 Å². The Kier molecular flexibility index (Phi) is 8.09. The number of rotatable bonds is 7. The molecule has 1 fully saturated rings. The fraction of sp³-hybridized carbons (Fsp3) is 0.600. The average Bonchev–Trinajstić information content (AvgIpc) is 2.73. The van der Waals surface area contributed by atoms with Crippen LogP contribution in [0.15, 0.2) is 29.2 Å². The minimum atomic E-state index is -4.64. The summed E-state index contributed by atoms with van der Waals surface area (Å²) in [6.07, 6.45) is -4.17. The van der Waals surface area contributed by atoms with E-state index in [2.05, 4.69) is 0 Å². The van der Waals surface area contributed by atoms with Crippen molar-refractivity contribution >= 4 is 21.8 Å². The summed E-state index contributed by atoms with van der Waals surface area (Å²) in [5.41, 5.74) is -1.03. The van der Waals surface area contributed by atoms with Crippen LogP contribution in [-0.4, -0.2) is 74.1 Å². The van der Waals surface area contributed by atoms with Crippen molar-refractivity contribution in [1.82, 2.24) is 14.1 Å². The number of hydrogen-bond donors (Lipinski definition) is 0. The molecule has 11 heteroatoms. The first kappa shape index (κ1) is 25.1. The molecule has 0 bridgehead atoms. The van der Waals surface area contributed by atoms with Crippen molar-refractivity contribution < 1.29 is 31.2 Å². The molecule has 1 saturated heterocycles. The fourth-order valence-electron chi connectivity index (χ4n) is 3.59. The summed E-state index contributed by atoms with van der Waals surface area (Å²) in [5, 5.41) is 0. The van der Waals surface area contributed by atoms with E-state index < -0.39 is 32.6 Å². The van der Waals surface area contributed by atoms with Gasteiger partial charge in [-0.3, -0.25) is 9.59 Å². The lowest BCUT2D eigenvalue weighted by atomic mass is 9.96. The molecule has 1 aromatic rings. The maximum Gasteiger partial charge on any atom is 0.416 e. The highest BCUT2D eigenvalue weighted by molar-refractivity contribution is 7.89. The molecule has 1 aliphatic rings. The third-order valence-corrected chi connectivity index (χ3v) is 7.36. The van der Waals surface area contributed by atoms with Gasteiger partial charge in [0.15, 0.2) is 0 Å². The Morgan fingerprint density at radius 3 is 2.23 bits per heavy atom. The minimum Gasteiger partial charge on any atom is -0.342 e. The summed E-state index contributed by atoms with van der Waals surface area (Å²) in [4.78, 5) is 27.4. The molecule has 0 atom stereocenters. The molecule has 0 radical (unpaired) electrons. The van der Waals surface area contributed by atoms with Gasteiger partial charge in [0.05, 0.1) is 17.0 Å². The number of alkyl halides is 3. The number of hydrogen-bond acceptors (Lipinski definition) is 4. The summed E-state index contributed by atoms with van der Waals surface area (Å²) in [5.74, 6) is -0.843. The first-order valence-corrected chi connectivity index (χ1v) is 11.6. The highest BCUT2D eigenvalue weighted by atomic mass is 32.2. The Hall–Kier alpha value is -2.14. The maximum absolute atomic E-state index is 12.9. The maximum atomic E-state index is 12.9. The molecule has 1 aliphatic heterocycles. The zero-order chi connectivity index (χ0) is 23.4. The molecule has 0 saturated carbocycles. The topological polar surface area (TPSA) is 78.0 Å². The molecule has 174 valence electrons. The van der Waals surface area contributed by atoms with E-state index in [0.29, 0.717) is 19.2 Å². The Morgan fingerprint density at radius 2 is 1.71 bits per heavy atom. The lowest BCUT2D eigenvalue weighted by molar-refractivity contribution is -0.142. The molecule has 0 aromatic heterocycles. The van der Waals surface area contributed by atoms with Gasteiger partial charge in [0.1, 0.15) is 0 Å². The van der Waals surface area contributed by atoms with Crippen molar-refractivity contribution in [3.63, 3.8) is 0 Å². The monoisotopic (exact) mass is 463 g/mol. The summed E-state index contributed by atoms with van der Waals surface area (Å²) >= 11 is 0. The second-order valence-electron chi connectivity index (χ2n) is 7.46. The number of likely N-dealkylation sites (N-methyl/N-ethyl adjacent to an activating group) is 2. The number of carbonyl (C=O) groups excluding carboxylic acids is 2. The van der Waals surface area contributed by atoms with Crippen LogP contribution in [0.4, 0.5) is 13.2 Å². The van der Waals surface area contributed by atoms with Crippen LogP contribution in [0.25, 0.3) is 0 Å². The fourth-order valence-corrected chi connectivity index (χ4v) is 5.11. The van der Waals surface area contributed by atoms with Crippen molar-refractivity contribution in [2.24, 2.45) is 5.92 Å². The van der Waals surface area contributed by atoms with E-state index in [1.807, 2.05) is 13.8 Å². The molecule has 31 heavy (non-hydrogen) atoms. The van der Waals surface area contributed by atoms with Crippen molar-refractivity contribution in [3.05, 3.63) is 29.8 Å². The normalized spacial score (nSPS) is 16.2. The Morgan fingerprint density at radius 1 is 1.13 bits per heavy atom. The van der Waals surface area contributed by atoms with E-state index in [9.17, 15) is 31.2 Å². The molecule has 1 aromatic carbocycles. The first-order chi connectivity index (χ1) is 14.4. The second kappa shape index (κ2) is 9.99. The third-order valence-electron chi connectivity index (χ3n) is 5.47. The Labute approximate surface area is 180 Å². The number of carbonyl (C=O) groups is 2. The van der Waals surface area contributed by atoms with Gasteiger partial charge in [0.2, 0.25) is 21.8 Å². The van der Waals surface area contributed by atoms with Crippen LogP contribution >= 0.6 is 0 Å². The lowest BCUT2D eigenvalue weighted by Crippen LogP contribution is -2.46. The zero-order valence-electron chi connectivity index (χ0n) is 17.9. The van der Waals surface area contributed by atoms with Crippen LogP contribution in [0.2, 0.25) is 0 Å². The van der Waals surface area contributed by atoms with Crippen molar-refractivity contribution in [2.45, 2.75) is 37.8 Å². The molecule has 1 heterocycles. The predicted molar refractivity (Wildman–Crippen MR) is 108 cm³/mol. The van der Waals surface area contributed by atoms with Gasteiger partial charge >= 0.3 is 6.18 Å². The molecule has 0 spiro atoms. The van der Waals surface area contributed by atoms with Crippen molar-refractivity contribution in [3.8, 4) is 0 Å². The Balaban J connectivity index is 2.02. The largest absolute Gasteiger partial charge is 0.416 e. The van der Waals surface area contributed by atoms with Gasteiger partial charge in [-0.05, 0) is 44.9 Å². The van der Waals surface area contributed by atoms with Gasteiger partial charge < -0.3 is 9.80 Å². The second-order valence-corrected chi connectivity index (χ2v) is 9.40. The molecule has 2 amide bonds. The molecular weight excluding hydrogens is 435 g/mol. The smallest absolute Gasteiger partial charge is 0.342 e. The van der Waals surface area contributed by atoms with Crippen LogP contribution in [0.1, 0.15) is 32.3 Å². The van der Waals surface area contributed by atoms with E-state index in [1.54, 1.807) is 4.90 Å². The average molecular weight is 464 g/mol. The van der Waals surface area contributed by atoms with Crippen LogP contribution in [-0.2, 0) is 25.8 Å². The zero-order valence-corrected chi connectivity index (χ0v) is 18.7. The SMILES string of the molecule is CCN(CC)C(=O)CN(C)C(=O)C1CCN(S(=O)(=O)c2cccc(C(F)(F)F)c2)CC1. The van der Waals surface area contributed by atoms with E-state index >= 15 is 0 Å². The summed E-state index contributed by atoms with van der Waals surface area (Å²) in [6, 6.07) is 3.64. The van der Waals surface area contributed by atoms with Crippen LogP contribution in [0.5, 0.6) is 0 Å². The molecule has 0 unspecified atom stereocenters. The van der Waals surface area contributed by atoms with E-state index in [1.165, 1.54) is 11.9 Å². The third kappa shape index (κ3) is 5.97. The number of nitrogens with zero attached hydrogens (tertiary/aromatic N) is 3. The number of benzene rings is 1. The predicted octanol–water partition coefficient (Wildman–Crippen LogP) is 2.43. The summed E-state index contributed by atoms with van der Waals surface area (Å²) in [6.45, 7) is 4.78. The van der Waals surface area contributed by atoms with Gasteiger partial charge in [-0.25, -0.2) is 8.42 Å². The van der Waals surface area contributed by atoms with E-state index in [-0.39, 0.29) is 44.3 Å². The van der Waals surface area contributed by atoms with E-state index in [0.717, 1.165) is 22.5 Å². The number of piperidine rings is 1. The highest BCUT2D eigenvalue weighted by Crippen LogP contribution is 2.32. The standard InChI is InChI=1S/C20H28F3N3O4S/c1-4-25(5-2)18(27)14-24(3)19(28)15-9-11-26(12-10-15)31(29,30)17-8-6-7-16(13-17)20(21,22)23/h6-8,13,15H,4-5,9-12,14H2,1-3H3. The summed E-state index contributed by atoms with van der Waals surface area (Å²) < 4.78 is 65.4. The van der Waals surface area contributed by atoms with Crippen molar-refractivity contribution in [1.29, 1.82) is 0 Å². The van der Waals surface area contributed by atoms with Gasteiger partial charge in [-0.1, -0.05) is 6.07 Å². The molecule has 7 nitrogen and oxygen atoms in total. The van der Waals surface area contributed by atoms with Gasteiger partial charge in [0, 0.05) is 39.1 Å². The van der Waals surface area contributed by atoms with Crippen LogP contribution < -0.4 is 0 Å². The molecular formula is C20H28F3N3O4S. The molecule has 0 aliphatic carbocycles. The summed E-state index contributed by atoms with van der Waals surface area (Å²) in [7, 11) is -2.57. The number of halogens is 3. The van der Waals surface area contributed by atoms with Gasteiger partial charge in [-0.2, -0.15) is 17.5 Å². The lowest BCUT2D eigenvalue weighted by Gasteiger charge is -2.33. The Bertz CT molecular complexity index is 893. The first-order valence-electron chi connectivity index (χ1n) is 10.1. The quantitative estimate of drug-likeness (QED) is 0.622. The van der Waals surface area contributed by atoms with Crippen LogP contribution in [0.3, 0.4) is 0 Å². The van der Waals surface area contributed by atoms with Gasteiger partial charge in [0.25, 0.3) is 0 Å². The van der Waals surface area contributed by atoms with Gasteiger partial charge in [-0.15, -0.1) is 0 Å². The molecule has 2 rings (SSSR count).